The van der Waals surface area contributed by atoms with Crippen LogP contribution >= 0.6 is 0 Å². The van der Waals surface area contributed by atoms with Crippen LogP contribution in [-0.2, 0) is 16.4 Å². The van der Waals surface area contributed by atoms with Crippen molar-refractivity contribution >= 4 is 21.4 Å². The summed E-state index contributed by atoms with van der Waals surface area (Å²) in [6, 6.07) is 11.5. The highest BCUT2D eigenvalue weighted by Gasteiger charge is 2.21. The van der Waals surface area contributed by atoms with E-state index in [2.05, 4.69) is 9.93 Å². The van der Waals surface area contributed by atoms with Gasteiger partial charge in [-0.3, -0.25) is 10.1 Å². The van der Waals surface area contributed by atoms with Crippen molar-refractivity contribution in [3.63, 3.8) is 0 Å². The number of nitro groups is 1. The molecule has 0 spiro atoms. The van der Waals surface area contributed by atoms with Gasteiger partial charge in [0.05, 0.1) is 15.5 Å². The number of rotatable bonds is 4. The number of fused-ring (bicyclic) bond motifs is 1. The Labute approximate surface area is 145 Å². The Hall–Kier alpha value is -2.74. The summed E-state index contributed by atoms with van der Waals surface area (Å²) in [5.74, 6) is 0. The molecule has 0 atom stereocenters. The van der Waals surface area contributed by atoms with Gasteiger partial charge in [0, 0.05) is 17.2 Å². The van der Waals surface area contributed by atoms with Gasteiger partial charge in [-0.2, -0.15) is 18.4 Å². The van der Waals surface area contributed by atoms with E-state index in [9.17, 15) is 18.5 Å². The van der Waals surface area contributed by atoms with Crippen LogP contribution in [0.25, 0.3) is 0 Å². The van der Waals surface area contributed by atoms with Crippen LogP contribution in [0.15, 0.2) is 52.5 Å². The van der Waals surface area contributed by atoms with E-state index in [0.29, 0.717) is 17.7 Å². The summed E-state index contributed by atoms with van der Waals surface area (Å²) in [7, 11) is -3.98. The molecule has 1 N–H and O–H groups in total. The maximum atomic E-state index is 12.4. The van der Waals surface area contributed by atoms with Crippen LogP contribution in [0.5, 0.6) is 0 Å². The highest BCUT2D eigenvalue weighted by molar-refractivity contribution is 7.89. The first-order valence-corrected chi connectivity index (χ1v) is 9.28. The summed E-state index contributed by atoms with van der Waals surface area (Å²) in [6.45, 7) is 1.56. The maximum absolute atomic E-state index is 12.4. The third-order valence-electron chi connectivity index (χ3n) is 4.18. The van der Waals surface area contributed by atoms with E-state index in [-0.39, 0.29) is 10.6 Å². The van der Waals surface area contributed by atoms with E-state index >= 15 is 0 Å². The van der Waals surface area contributed by atoms with E-state index in [1.54, 1.807) is 6.92 Å². The smallest absolute Gasteiger partial charge is 0.258 e. The summed E-state index contributed by atoms with van der Waals surface area (Å²) in [6.07, 6.45) is 2.51. The zero-order chi connectivity index (χ0) is 18.0. The van der Waals surface area contributed by atoms with Crippen LogP contribution in [-0.4, -0.2) is 19.1 Å². The van der Waals surface area contributed by atoms with E-state index in [1.165, 1.54) is 12.1 Å². The molecule has 2 aromatic rings. The predicted molar refractivity (Wildman–Crippen MR) is 94.1 cm³/mol. The molecule has 0 saturated heterocycles. The Bertz CT molecular complexity index is 968. The molecule has 0 aliphatic heterocycles. The first kappa shape index (κ1) is 17.1. The van der Waals surface area contributed by atoms with Crippen molar-refractivity contribution in [2.75, 3.05) is 0 Å². The Morgan fingerprint density at radius 2 is 1.92 bits per heavy atom. The summed E-state index contributed by atoms with van der Waals surface area (Å²) in [4.78, 5) is 12.4. The Morgan fingerprint density at radius 1 is 1.16 bits per heavy atom. The van der Waals surface area contributed by atoms with Gasteiger partial charge in [0.2, 0.25) is 0 Å². The van der Waals surface area contributed by atoms with E-state index in [4.69, 9.17) is 0 Å². The highest BCUT2D eigenvalue weighted by Crippen LogP contribution is 2.23. The highest BCUT2D eigenvalue weighted by atomic mass is 32.2. The number of aryl methyl sites for hydroxylation is 2. The van der Waals surface area contributed by atoms with Crippen molar-refractivity contribution in [1.82, 2.24) is 4.83 Å². The molecule has 8 heteroatoms. The Balaban J connectivity index is 1.91. The van der Waals surface area contributed by atoms with Gasteiger partial charge in [-0.25, -0.2) is 0 Å². The third kappa shape index (κ3) is 3.53. The molecule has 1 aliphatic rings. The number of nitrogens with one attached hydrogen (secondary N) is 1. The van der Waals surface area contributed by atoms with E-state index < -0.39 is 14.9 Å². The first-order chi connectivity index (χ1) is 11.9. The summed E-state index contributed by atoms with van der Waals surface area (Å²) in [5, 5.41) is 15.1. The standard InChI is InChI=1S/C17H17N3O4S/c1-12-9-10-14(11-17(12)20(21)22)25(23,24)19-18-16-8-4-6-13-5-2-3-7-15(13)16/h2-3,5,7,9-11,19H,4,6,8H2,1H3/b18-16-. The van der Waals surface area contributed by atoms with Gasteiger partial charge in [0.1, 0.15) is 0 Å². The van der Waals surface area contributed by atoms with Gasteiger partial charge in [0.15, 0.2) is 0 Å². The fourth-order valence-electron chi connectivity index (χ4n) is 2.84. The van der Waals surface area contributed by atoms with Crippen molar-refractivity contribution in [3.8, 4) is 0 Å². The molecule has 0 unspecified atom stereocenters. The molecule has 2 aromatic carbocycles. The Morgan fingerprint density at radius 3 is 2.68 bits per heavy atom. The van der Waals surface area contributed by atoms with Crippen LogP contribution in [0.4, 0.5) is 5.69 Å². The average Bonchev–Trinajstić information content (AvgIpc) is 2.60. The predicted octanol–water partition coefficient (Wildman–Crippen LogP) is 2.92. The summed E-state index contributed by atoms with van der Waals surface area (Å²) in [5.41, 5.74) is 2.91. The van der Waals surface area contributed by atoms with Gasteiger partial charge < -0.3 is 0 Å². The van der Waals surface area contributed by atoms with Crippen LogP contribution < -0.4 is 4.83 Å². The third-order valence-corrected chi connectivity index (χ3v) is 5.38. The fraction of sp³-hybridized carbons (Fsp3) is 0.235. The molecule has 0 fully saturated rings. The quantitative estimate of drug-likeness (QED) is 0.670. The molecule has 130 valence electrons. The van der Waals surface area contributed by atoms with Crippen molar-refractivity contribution in [1.29, 1.82) is 0 Å². The lowest BCUT2D eigenvalue weighted by molar-refractivity contribution is -0.385. The van der Waals surface area contributed by atoms with Crippen LogP contribution in [0.3, 0.4) is 0 Å². The van der Waals surface area contributed by atoms with Crippen molar-refractivity contribution in [2.45, 2.75) is 31.1 Å². The van der Waals surface area contributed by atoms with E-state index in [0.717, 1.165) is 30.0 Å². The van der Waals surface area contributed by atoms with Gasteiger partial charge in [0.25, 0.3) is 15.7 Å². The number of nitro benzene ring substituents is 1. The fourth-order valence-corrected chi connectivity index (χ4v) is 3.69. The van der Waals surface area contributed by atoms with Gasteiger partial charge in [-0.05, 0) is 37.8 Å². The lowest BCUT2D eigenvalue weighted by atomic mass is 9.90. The number of hydrogen-bond donors (Lipinski definition) is 1. The molecular weight excluding hydrogens is 342 g/mol. The zero-order valence-corrected chi connectivity index (χ0v) is 14.4. The molecule has 3 rings (SSSR count). The van der Waals surface area contributed by atoms with Gasteiger partial charge >= 0.3 is 0 Å². The molecular formula is C17H17N3O4S. The first-order valence-electron chi connectivity index (χ1n) is 7.80. The zero-order valence-electron chi connectivity index (χ0n) is 13.6. The largest absolute Gasteiger partial charge is 0.276 e. The number of hydrazone groups is 1. The summed E-state index contributed by atoms with van der Waals surface area (Å²) >= 11 is 0. The van der Waals surface area contributed by atoms with Crippen LogP contribution in [0.1, 0.15) is 29.5 Å². The number of hydrogen-bond acceptors (Lipinski definition) is 5. The second kappa shape index (κ2) is 6.64. The SMILES string of the molecule is Cc1ccc(S(=O)(=O)N/N=C2/CCCc3ccccc32)cc1[N+](=O)[O-]. The normalized spacial score (nSPS) is 15.6. The van der Waals surface area contributed by atoms with Crippen molar-refractivity contribution in [3.05, 3.63) is 69.3 Å². The second-order valence-corrected chi connectivity index (χ2v) is 7.53. The molecule has 0 saturated carbocycles. The van der Waals surface area contributed by atoms with Crippen molar-refractivity contribution in [2.24, 2.45) is 5.10 Å². The summed E-state index contributed by atoms with van der Waals surface area (Å²) < 4.78 is 24.9. The van der Waals surface area contributed by atoms with Gasteiger partial charge in [-0.15, -0.1) is 0 Å². The number of nitrogens with zero attached hydrogens (tertiary/aromatic N) is 2. The molecule has 0 aromatic heterocycles. The molecule has 25 heavy (non-hydrogen) atoms. The molecule has 0 heterocycles. The van der Waals surface area contributed by atoms with Crippen LogP contribution in [0, 0.1) is 17.0 Å². The molecule has 7 nitrogen and oxygen atoms in total. The minimum absolute atomic E-state index is 0.182. The molecule has 0 amide bonds. The lowest BCUT2D eigenvalue weighted by Crippen LogP contribution is -2.22. The topological polar surface area (TPSA) is 102 Å². The van der Waals surface area contributed by atoms with E-state index in [1.807, 2.05) is 24.3 Å². The maximum Gasteiger partial charge on any atom is 0.276 e. The lowest BCUT2D eigenvalue weighted by Gasteiger charge is -2.17. The average molecular weight is 359 g/mol. The number of benzene rings is 2. The minimum Gasteiger partial charge on any atom is -0.258 e. The molecule has 0 radical (unpaired) electrons. The monoisotopic (exact) mass is 359 g/mol. The number of sulfonamides is 1. The Kier molecular flexibility index (Phi) is 4.54. The van der Waals surface area contributed by atoms with Crippen LogP contribution in [0.2, 0.25) is 0 Å². The minimum atomic E-state index is -3.98. The molecule has 0 bridgehead atoms. The van der Waals surface area contributed by atoms with Gasteiger partial charge in [-0.1, -0.05) is 30.3 Å². The second-order valence-electron chi connectivity index (χ2n) is 5.87. The molecule has 1 aliphatic carbocycles. The van der Waals surface area contributed by atoms with Crippen molar-refractivity contribution < 1.29 is 13.3 Å².